The van der Waals surface area contributed by atoms with Gasteiger partial charge in [-0.2, -0.15) is 0 Å². The highest BCUT2D eigenvalue weighted by Gasteiger charge is 2.43. The minimum atomic E-state index is 0.216. The molecule has 1 aromatic carbocycles. The Morgan fingerprint density at radius 1 is 1.15 bits per heavy atom. The van der Waals surface area contributed by atoms with Gasteiger partial charge in [0.1, 0.15) is 0 Å². The van der Waals surface area contributed by atoms with E-state index in [1.54, 1.807) is 0 Å². The number of piperazine rings is 1. The molecular formula is C17H25ClN2. The molecule has 0 radical (unpaired) electrons. The van der Waals surface area contributed by atoms with Crippen LogP contribution in [0.15, 0.2) is 24.3 Å². The molecule has 0 atom stereocenters. The molecule has 1 saturated carbocycles. The lowest BCUT2D eigenvalue weighted by molar-refractivity contribution is 0.0217. The average molecular weight is 293 g/mol. The van der Waals surface area contributed by atoms with Crippen molar-refractivity contribution in [1.29, 1.82) is 0 Å². The third kappa shape index (κ3) is 2.88. The Labute approximate surface area is 127 Å². The fourth-order valence-electron chi connectivity index (χ4n) is 3.62. The normalized spacial score (nSPS) is 25.1. The van der Waals surface area contributed by atoms with Crippen LogP contribution >= 0.6 is 11.6 Å². The zero-order chi connectivity index (χ0) is 14.2. The minimum absolute atomic E-state index is 0.216. The van der Waals surface area contributed by atoms with Gasteiger partial charge in [-0.3, -0.25) is 4.90 Å². The summed E-state index contributed by atoms with van der Waals surface area (Å²) in [4.78, 5) is 2.65. The molecule has 20 heavy (non-hydrogen) atoms. The summed E-state index contributed by atoms with van der Waals surface area (Å²) in [6.07, 6.45) is 5.42. The van der Waals surface area contributed by atoms with Crippen LogP contribution in [0.3, 0.4) is 0 Å². The second-order valence-electron chi connectivity index (χ2n) is 7.14. The van der Waals surface area contributed by atoms with Crippen molar-refractivity contribution >= 4 is 11.6 Å². The fraction of sp³-hybridized carbons (Fsp3) is 0.647. The van der Waals surface area contributed by atoms with Crippen molar-refractivity contribution in [2.75, 3.05) is 13.1 Å². The highest BCUT2D eigenvalue weighted by Crippen LogP contribution is 2.36. The smallest absolute Gasteiger partial charge is 0.0406 e. The molecule has 1 aromatic rings. The third-order valence-corrected chi connectivity index (χ3v) is 5.34. The number of halogens is 1. The number of nitrogens with zero attached hydrogens (tertiary/aromatic N) is 1. The van der Waals surface area contributed by atoms with Gasteiger partial charge in [0.2, 0.25) is 0 Å². The first-order valence-electron chi connectivity index (χ1n) is 7.74. The first-order chi connectivity index (χ1) is 9.49. The van der Waals surface area contributed by atoms with Crippen LogP contribution in [0.1, 0.15) is 45.1 Å². The lowest BCUT2D eigenvalue weighted by atomic mass is 9.87. The second-order valence-corrected chi connectivity index (χ2v) is 7.57. The molecule has 3 heteroatoms. The number of nitrogens with one attached hydrogen (secondary N) is 1. The van der Waals surface area contributed by atoms with Gasteiger partial charge in [0.25, 0.3) is 0 Å². The number of hydrogen-bond acceptors (Lipinski definition) is 2. The highest BCUT2D eigenvalue weighted by molar-refractivity contribution is 6.30. The SMILES string of the molecule is CC1(C)CNC2(CCCC2)CN1Cc1ccc(Cl)cc1. The van der Waals surface area contributed by atoms with Crippen LogP contribution in [0, 0.1) is 0 Å². The Bertz CT molecular complexity index is 460. The molecule has 1 N–H and O–H groups in total. The van der Waals surface area contributed by atoms with Crippen molar-refractivity contribution in [3.05, 3.63) is 34.9 Å². The topological polar surface area (TPSA) is 15.3 Å². The number of benzene rings is 1. The lowest BCUT2D eigenvalue weighted by Crippen LogP contribution is -2.66. The summed E-state index contributed by atoms with van der Waals surface area (Å²) < 4.78 is 0. The van der Waals surface area contributed by atoms with Crippen LogP contribution in [0.25, 0.3) is 0 Å². The largest absolute Gasteiger partial charge is 0.308 e. The van der Waals surface area contributed by atoms with Crippen molar-refractivity contribution in [2.45, 2.75) is 57.2 Å². The molecule has 3 rings (SSSR count). The lowest BCUT2D eigenvalue weighted by Gasteiger charge is -2.51. The molecule has 1 saturated heterocycles. The quantitative estimate of drug-likeness (QED) is 0.891. The van der Waals surface area contributed by atoms with E-state index in [0.717, 1.165) is 18.1 Å². The average Bonchev–Trinajstić information content (AvgIpc) is 2.86. The van der Waals surface area contributed by atoms with Crippen LogP contribution in [-0.2, 0) is 6.54 Å². The van der Waals surface area contributed by atoms with E-state index in [2.05, 4.69) is 36.2 Å². The summed E-state index contributed by atoms with van der Waals surface area (Å²) in [5.74, 6) is 0. The van der Waals surface area contributed by atoms with Crippen molar-refractivity contribution in [3.8, 4) is 0 Å². The molecular weight excluding hydrogens is 268 g/mol. The maximum Gasteiger partial charge on any atom is 0.0406 e. The standard InChI is InChI=1S/C17H25ClN2/c1-16(2)12-19-17(9-3-4-10-17)13-20(16)11-14-5-7-15(18)8-6-14/h5-8,19H,3-4,9-13H2,1-2H3. The Morgan fingerprint density at radius 3 is 2.45 bits per heavy atom. The van der Waals surface area contributed by atoms with Gasteiger partial charge >= 0.3 is 0 Å². The monoisotopic (exact) mass is 292 g/mol. The summed E-state index contributed by atoms with van der Waals surface area (Å²) in [5, 5.41) is 4.67. The Kier molecular flexibility index (Phi) is 3.83. The molecule has 0 unspecified atom stereocenters. The van der Waals surface area contributed by atoms with Gasteiger partial charge in [-0.1, -0.05) is 36.6 Å². The van der Waals surface area contributed by atoms with Crippen molar-refractivity contribution < 1.29 is 0 Å². The fourth-order valence-corrected chi connectivity index (χ4v) is 3.74. The zero-order valence-corrected chi connectivity index (χ0v) is 13.3. The van der Waals surface area contributed by atoms with Crippen LogP contribution in [0.5, 0.6) is 0 Å². The molecule has 0 aromatic heterocycles. The van der Waals surface area contributed by atoms with Crippen LogP contribution in [0.4, 0.5) is 0 Å². The summed E-state index contributed by atoms with van der Waals surface area (Å²) in [5.41, 5.74) is 1.95. The van der Waals surface area contributed by atoms with E-state index in [-0.39, 0.29) is 5.54 Å². The molecule has 0 bridgehead atoms. The molecule has 1 aliphatic heterocycles. The van der Waals surface area contributed by atoms with Crippen LogP contribution in [0.2, 0.25) is 5.02 Å². The molecule has 1 spiro atoms. The predicted molar refractivity (Wildman–Crippen MR) is 85.1 cm³/mol. The van der Waals surface area contributed by atoms with E-state index in [1.807, 2.05) is 12.1 Å². The van der Waals surface area contributed by atoms with Crippen molar-refractivity contribution in [2.24, 2.45) is 0 Å². The highest BCUT2D eigenvalue weighted by atomic mass is 35.5. The number of hydrogen-bond donors (Lipinski definition) is 1. The molecule has 2 fully saturated rings. The van der Waals surface area contributed by atoms with Gasteiger partial charge in [-0.15, -0.1) is 0 Å². The van der Waals surface area contributed by atoms with E-state index in [1.165, 1.54) is 37.8 Å². The van der Waals surface area contributed by atoms with Gasteiger partial charge in [0.15, 0.2) is 0 Å². The first kappa shape index (κ1) is 14.4. The van der Waals surface area contributed by atoms with Crippen molar-refractivity contribution in [3.63, 3.8) is 0 Å². The summed E-state index contributed by atoms with van der Waals surface area (Å²) in [6.45, 7) is 7.96. The van der Waals surface area contributed by atoms with E-state index in [0.29, 0.717) is 5.54 Å². The van der Waals surface area contributed by atoms with Gasteiger partial charge in [-0.05, 0) is 44.4 Å². The summed E-state index contributed by atoms with van der Waals surface area (Å²) in [7, 11) is 0. The molecule has 2 aliphatic rings. The van der Waals surface area contributed by atoms with Gasteiger partial charge < -0.3 is 5.32 Å². The first-order valence-corrected chi connectivity index (χ1v) is 8.12. The van der Waals surface area contributed by atoms with Gasteiger partial charge in [-0.25, -0.2) is 0 Å². The Hall–Kier alpha value is -0.570. The minimum Gasteiger partial charge on any atom is -0.308 e. The van der Waals surface area contributed by atoms with E-state index < -0.39 is 0 Å². The Balaban J connectivity index is 1.76. The zero-order valence-electron chi connectivity index (χ0n) is 12.6. The van der Waals surface area contributed by atoms with Crippen LogP contribution < -0.4 is 5.32 Å². The Morgan fingerprint density at radius 2 is 1.80 bits per heavy atom. The van der Waals surface area contributed by atoms with E-state index in [9.17, 15) is 0 Å². The molecule has 110 valence electrons. The molecule has 1 heterocycles. The van der Waals surface area contributed by atoms with E-state index in [4.69, 9.17) is 11.6 Å². The van der Waals surface area contributed by atoms with E-state index >= 15 is 0 Å². The molecule has 2 nitrogen and oxygen atoms in total. The summed E-state index contributed by atoms with van der Waals surface area (Å²) in [6, 6.07) is 8.30. The second kappa shape index (κ2) is 5.32. The van der Waals surface area contributed by atoms with Crippen molar-refractivity contribution in [1.82, 2.24) is 10.2 Å². The molecule has 1 aliphatic carbocycles. The maximum absolute atomic E-state index is 5.99. The van der Waals surface area contributed by atoms with Crippen LogP contribution in [-0.4, -0.2) is 29.1 Å². The van der Waals surface area contributed by atoms with Gasteiger partial charge in [0, 0.05) is 35.7 Å². The molecule has 0 amide bonds. The predicted octanol–water partition coefficient (Wildman–Crippen LogP) is 3.84. The number of rotatable bonds is 2. The summed E-state index contributed by atoms with van der Waals surface area (Å²) >= 11 is 5.99. The maximum atomic E-state index is 5.99. The van der Waals surface area contributed by atoms with Gasteiger partial charge in [0.05, 0.1) is 0 Å². The third-order valence-electron chi connectivity index (χ3n) is 5.09.